The van der Waals surface area contributed by atoms with E-state index in [0.717, 1.165) is 0 Å². The third-order valence-corrected chi connectivity index (χ3v) is 2.20. The summed E-state index contributed by atoms with van der Waals surface area (Å²) >= 11 is 0. The highest BCUT2D eigenvalue weighted by molar-refractivity contribution is 6.03. The molecular formula is C12H15N5O2. The number of carbonyl (C=O) groups excluding carboxylic acids is 1. The van der Waals surface area contributed by atoms with Crippen LogP contribution < -0.4 is 10.6 Å². The lowest BCUT2D eigenvalue weighted by molar-refractivity contribution is 0.102. The van der Waals surface area contributed by atoms with Crippen molar-refractivity contribution in [2.75, 3.05) is 10.6 Å². The standard InChI is InChI=1S/C12H15N5O2/c1-7(2)15-12-13-5-9(6-14-12)11(18)16-10-4-8(3)19-17-10/h4-7H,1-3H3,(H,13,14,15)(H,16,17,18). The van der Waals surface area contributed by atoms with Gasteiger partial charge in [0.1, 0.15) is 5.76 Å². The molecule has 7 nitrogen and oxygen atoms in total. The van der Waals surface area contributed by atoms with E-state index in [2.05, 4.69) is 25.8 Å². The van der Waals surface area contributed by atoms with Crippen molar-refractivity contribution in [2.24, 2.45) is 0 Å². The fraction of sp³-hybridized carbons (Fsp3) is 0.333. The molecular weight excluding hydrogens is 246 g/mol. The van der Waals surface area contributed by atoms with Crippen molar-refractivity contribution in [1.82, 2.24) is 15.1 Å². The third-order valence-electron chi connectivity index (χ3n) is 2.20. The Kier molecular flexibility index (Phi) is 3.74. The second-order valence-electron chi connectivity index (χ2n) is 4.37. The molecule has 0 aliphatic rings. The van der Waals surface area contributed by atoms with Gasteiger partial charge >= 0.3 is 0 Å². The minimum atomic E-state index is -0.329. The number of amides is 1. The highest BCUT2D eigenvalue weighted by Crippen LogP contribution is 2.09. The van der Waals surface area contributed by atoms with E-state index >= 15 is 0 Å². The molecule has 0 aromatic carbocycles. The quantitative estimate of drug-likeness (QED) is 0.872. The summed E-state index contributed by atoms with van der Waals surface area (Å²) in [5, 5.41) is 9.32. The van der Waals surface area contributed by atoms with Gasteiger partial charge in [0.25, 0.3) is 5.91 Å². The molecule has 2 N–H and O–H groups in total. The van der Waals surface area contributed by atoms with Gasteiger partial charge in [-0.25, -0.2) is 9.97 Å². The normalized spacial score (nSPS) is 10.5. The predicted molar refractivity (Wildman–Crippen MR) is 70.0 cm³/mol. The zero-order valence-electron chi connectivity index (χ0n) is 11.0. The predicted octanol–water partition coefficient (Wildman–Crippen LogP) is 1.85. The largest absolute Gasteiger partial charge is 0.360 e. The van der Waals surface area contributed by atoms with Crippen molar-refractivity contribution in [3.63, 3.8) is 0 Å². The second-order valence-corrected chi connectivity index (χ2v) is 4.37. The highest BCUT2D eigenvalue weighted by atomic mass is 16.5. The number of rotatable bonds is 4. The Hall–Kier alpha value is -2.44. The van der Waals surface area contributed by atoms with Crippen LogP contribution in [0.3, 0.4) is 0 Å². The van der Waals surface area contributed by atoms with Gasteiger partial charge in [-0.1, -0.05) is 5.16 Å². The van der Waals surface area contributed by atoms with Gasteiger partial charge in [-0.15, -0.1) is 0 Å². The van der Waals surface area contributed by atoms with Crippen molar-refractivity contribution in [1.29, 1.82) is 0 Å². The summed E-state index contributed by atoms with van der Waals surface area (Å²) in [5.74, 6) is 1.16. The molecule has 0 aliphatic carbocycles. The molecule has 0 bridgehead atoms. The first-order valence-corrected chi connectivity index (χ1v) is 5.88. The minimum absolute atomic E-state index is 0.234. The van der Waals surface area contributed by atoms with Gasteiger partial charge < -0.3 is 15.2 Å². The zero-order chi connectivity index (χ0) is 13.8. The van der Waals surface area contributed by atoms with Crippen LogP contribution in [0.2, 0.25) is 0 Å². The lowest BCUT2D eigenvalue weighted by Crippen LogP contribution is -2.15. The lowest BCUT2D eigenvalue weighted by atomic mass is 10.3. The highest BCUT2D eigenvalue weighted by Gasteiger charge is 2.10. The second kappa shape index (κ2) is 5.47. The third kappa shape index (κ3) is 3.51. The summed E-state index contributed by atoms with van der Waals surface area (Å²) in [4.78, 5) is 20.0. The SMILES string of the molecule is Cc1cc(NC(=O)c2cnc(NC(C)C)nc2)no1. The van der Waals surface area contributed by atoms with Crippen LogP contribution in [0.15, 0.2) is 23.0 Å². The molecule has 0 aliphatic heterocycles. The van der Waals surface area contributed by atoms with Crippen LogP contribution in [0.25, 0.3) is 0 Å². The zero-order valence-corrected chi connectivity index (χ0v) is 11.0. The van der Waals surface area contributed by atoms with Crippen LogP contribution in [0.1, 0.15) is 30.0 Å². The van der Waals surface area contributed by atoms with Crippen LogP contribution in [0, 0.1) is 6.92 Å². The van der Waals surface area contributed by atoms with Gasteiger partial charge in [0, 0.05) is 24.5 Å². The van der Waals surface area contributed by atoms with Crippen LogP contribution in [-0.4, -0.2) is 27.1 Å². The smallest absolute Gasteiger partial charge is 0.260 e. The van der Waals surface area contributed by atoms with Gasteiger partial charge in [-0.3, -0.25) is 4.79 Å². The first-order chi connectivity index (χ1) is 9.04. The van der Waals surface area contributed by atoms with E-state index in [-0.39, 0.29) is 11.9 Å². The van der Waals surface area contributed by atoms with E-state index in [4.69, 9.17) is 4.52 Å². The summed E-state index contributed by atoms with van der Waals surface area (Å²) in [7, 11) is 0. The summed E-state index contributed by atoms with van der Waals surface area (Å²) in [6, 6.07) is 1.87. The molecule has 0 fully saturated rings. The molecule has 7 heteroatoms. The molecule has 0 spiro atoms. The molecule has 2 aromatic rings. The van der Waals surface area contributed by atoms with E-state index in [9.17, 15) is 4.79 Å². The Balaban J connectivity index is 2.03. The summed E-state index contributed by atoms with van der Waals surface area (Å²) in [6.07, 6.45) is 2.92. The molecule has 0 saturated carbocycles. The summed E-state index contributed by atoms with van der Waals surface area (Å²) < 4.78 is 4.86. The van der Waals surface area contributed by atoms with Gasteiger partial charge in [-0.2, -0.15) is 0 Å². The Morgan fingerprint density at radius 2 is 2.00 bits per heavy atom. The maximum absolute atomic E-state index is 11.9. The maximum atomic E-state index is 11.9. The maximum Gasteiger partial charge on any atom is 0.260 e. The first kappa shape index (κ1) is 13.0. The Morgan fingerprint density at radius 1 is 1.32 bits per heavy atom. The van der Waals surface area contributed by atoms with Crippen LogP contribution in [0.5, 0.6) is 0 Å². The van der Waals surface area contributed by atoms with E-state index in [1.54, 1.807) is 13.0 Å². The monoisotopic (exact) mass is 261 g/mol. The number of anilines is 2. The van der Waals surface area contributed by atoms with Gasteiger partial charge in [0.05, 0.1) is 5.56 Å². The average molecular weight is 261 g/mol. The first-order valence-electron chi connectivity index (χ1n) is 5.88. The van der Waals surface area contributed by atoms with Crippen LogP contribution >= 0.6 is 0 Å². The molecule has 2 rings (SSSR count). The number of nitrogens with one attached hydrogen (secondary N) is 2. The Morgan fingerprint density at radius 3 is 2.53 bits per heavy atom. The number of carbonyl (C=O) groups is 1. The van der Waals surface area contributed by atoms with E-state index in [1.165, 1.54) is 12.4 Å². The van der Waals surface area contributed by atoms with Crippen LogP contribution in [0.4, 0.5) is 11.8 Å². The van der Waals surface area contributed by atoms with Gasteiger partial charge in [-0.05, 0) is 20.8 Å². The number of hydrogen-bond donors (Lipinski definition) is 2. The van der Waals surface area contributed by atoms with Gasteiger partial charge in [0.15, 0.2) is 5.82 Å². The molecule has 0 unspecified atom stereocenters. The van der Waals surface area contributed by atoms with Crippen molar-refractivity contribution < 1.29 is 9.32 Å². The Labute approximate surface area is 110 Å². The van der Waals surface area contributed by atoms with Crippen molar-refractivity contribution in [2.45, 2.75) is 26.8 Å². The van der Waals surface area contributed by atoms with E-state index < -0.39 is 0 Å². The van der Waals surface area contributed by atoms with Crippen LogP contribution in [-0.2, 0) is 0 Å². The molecule has 2 aromatic heterocycles. The molecule has 1 amide bonds. The summed E-state index contributed by atoms with van der Waals surface area (Å²) in [6.45, 7) is 5.71. The molecule has 0 atom stereocenters. The van der Waals surface area contributed by atoms with Crippen molar-refractivity contribution in [3.8, 4) is 0 Å². The van der Waals surface area contributed by atoms with Crippen molar-refractivity contribution >= 4 is 17.7 Å². The number of aromatic nitrogens is 3. The molecule has 0 saturated heterocycles. The lowest BCUT2D eigenvalue weighted by Gasteiger charge is -2.07. The average Bonchev–Trinajstić information content (AvgIpc) is 2.75. The fourth-order valence-corrected chi connectivity index (χ4v) is 1.39. The molecule has 100 valence electrons. The minimum Gasteiger partial charge on any atom is -0.360 e. The van der Waals surface area contributed by atoms with E-state index in [1.807, 2.05) is 13.8 Å². The molecule has 0 radical (unpaired) electrons. The van der Waals surface area contributed by atoms with E-state index in [0.29, 0.717) is 23.1 Å². The van der Waals surface area contributed by atoms with Crippen molar-refractivity contribution in [3.05, 3.63) is 29.8 Å². The topological polar surface area (TPSA) is 92.9 Å². The molecule has 2 heterocycles. The molecule has 19 heavy (non-hydrogen) atoms. The van der Waals surface area contributed by atoms with Gasteiger partial charge in [0.2, 0.25) is 5.95 Å². The number of nitrogens with zero attached hydrogens (tertiary/aromatic N) is 3. The number of aryl methyl sites for hydroxylation is 1. The summed E-state index contributed by atoms with van der Waals surface area (Å²) in [5.41, 5.74) is 0.356. The Bertz CT molecular complexity index is 562. The number of hydrogen-bond acceptors (Lipinski definition) is 6. The fourth-order valence-electron chi connectivity index (χ4n) is 1.39.